The molecule has 0 aromatic heterocycles. The molecule has 2 heterocycles. The normalized spacial score (nSPS) is 38.8. The molecule has 2 saturated heterocycles. The zero-order valence-electron chi connectivity index (χ0n) is 10.7. The average molecular weight is 222 g/mol. The molecule has 2 atom stereocenters. The Hall–Kier alpha value is -0.0800. The molecule has 1 spiro atoms. The van der Waals surface area contributed by atoms with Crippen LogP contribution >= 0.6 is 0 Å². The van der Waals surface area contributed by atoms with Gasteiger partial charge in [0.2, 0.25) is 0 Å². The van der Waals surface area contributed by atoms with Crippen molar-refractivity contribution in [1.29, 1.82) is 0 Å². The minimum Gasteiger partial charge on any atom is -0.317 e. The summed E-state index contributed by atoms with van der Waals surface area (Å²) in [6.45, 7) is 7.74. The highest BCUT2D eigenvalue weighted by Crippen LogP contribution is 2.58. The van der Waals surface area contributed by atoms with Crippen LogP contribution in [0.5, 0.6) is 0 Å². The van der Waals surface area contributed by atoms with Gasteiger partial charge in [0.25, 0.3) is 0 Å². The van der Waals surface area contributed by atoms with Gasteiger partial charge in [0.05, 0.1) is 0 Å². The molecular weight excluding hydrogens is 196 g/mol. The molecule has 2 heteroatoms. The monoisotopic (exact) mass is 222 g/mol. The largest absolute Gasteiger partial charge is 0.317 e. The van der Waals surface area contributed by atoms with Crippen LogP contribution in [0.3, 0.4) is 0 Å². The number of likely N-dealkylation sites (tertiary alicyclic amines) is 1. The second-order valence-electron chi connectivity index (χ2n) is 6.35. The molecule has 0 bridgehead atoms. The minimum atomic E-state index is 0.780. The predicted octanol–water partition coefficient (Wildman–Crippen LogP) is 2.25. The molecule has 92 valence electrons. The maximum Gasteiger partial charge on any atom is 0.00670 e. The van der Waals surface area contributed by atoms with Gasteiger partial charge in [-0.15, -0.1) is 0 Å². The van der Waals surface area contributed by atoms with Crippen molar-refractivity contribution in [2.45, 2.75) is 51.5 Å². The molecule has 2 unspecified atom stereocenters. The van der Waals surface area contributed by atoms with E-state index in [0.717, 1.165) is 17.4 Å². The van der Waals surface area contributed by atoms with Crippen LogP contribution in [0.15, 0.2) is 0 Å². The first-order valence-corrected chi connectivity index (χ1v) is 7.25. The first-order valence-electron chi connectivity index (χ1n) is 7.25. The number of piperidine rings is 2. The molecule has 1 saturated carbocycles. The van der Waals surface area contributed by atoms with Crippen LogP contribution in [-0.4, -0.2) is 37.1 Å². The van der Waals surface area contributed by atoms with Gasteiger partial charge in [0, 0.05) is 12.6 Å². The Bertz CT molecular complexity index is 245. The molecule has 2 nitrogen and oxygen atoms in total. The highest BCUT2D eigenvalue weighted by molar-refractivity contribution is 5.05. The summed E-state index contributed by atoms with van der Waals surface area (Å²) in [6.07, 6.45) is 8.74. The van der Waals surface area contributed by atoms with E-state index in [1.807, 2.05) is 0 Å². The lowest BCUT2D eigenvalue weighted by Crippen LogP contribution is -2.40. The van der Waals surface area contributed by atoms with E-state index in [1.165, 1.54) is 64.7 Å². The maximum absolute atomic E-state index is 3.50. The quantitative estimate of drug-likeness (QED) is 0.771. The van der Waals surface area contributed by atoms with Crippen LogP contribution in [-0.2, 0) is 0 Å². The van der Waals surface area contributed by atoms with Gasteiger partial charge in [0.1, 0.15) is 0 Å². The highest BCUT2D eigenvalue weighted by Gasteiger charge is 2.54. The van der Waals surface area contributed by atoms with E-state index in [4.69, 9.17) is 0 Å². The molecular formula is C14H26N2. The average Bonchev–Trinajstić information content (AvgIpc) is 2.95. The number of nitrogens with zero attached hydrogens (tertiary/aromatic N) is 1. The first-order chi connectivity index (χ1) is 7.80. The van der Waals surface area contributed by atoms with Crippen molar-refractivity contribution in [3.05, 3.63) is 0 Å². The van der Waals surface area contributed by atoms with Gasteiger partial charge in [0.15, 0.2) is 0 Å². The van der Waals surface area contributed by atoms with Gasteiger partial charge in [-0.05, 0) is 70.0 Å². The zero-order chi connectivity index (χ0) is 11.0. The van der Waals surface area contributed by atoms with Gasteiger partial charge in [-0.2, -0.15) is 0 Å². The van der Waals surface area contributed by atoms with Crippen molar-refractivity contribution in [2.75, 3.05) is 26.2 Å². The third-order valence-corrected chi connectivity index (χ3v) is 5.35. The summed E-state index contributed by atoms with van der Waals surface area (Å²) < 4.78 is 0. The van der Waals surface area contributed by atoms with Crippen LogP contribution in [0.2, 0.25) is 0 Å². The Morgan fingerprint density at radius 2 is 2.06 bits per heavy atom. The lowest BCUT2D eigenvalue weighted by Gasteiger charge is -2.34. The van der Waals surface area contributed by atoms with Crippen molar-refractivity contribution in [1.82, 2.24) is 10.2 Å². The van der Waals surface area contributed by atoms with Crippen LogP contribution in [0, 0.1) is 11.3 Å². The number of nitrogens with one attached hydrogen (secondary N) is 1. The summed E-state index contributed by atoms with van der Waals surface area (Å²) in [6, 6.07) is 0.855. The second-order valence-corrected chi connectivity index (χ2v) is 6.35. The van der Waals surface area contributed by atoms with E-state index in [9.17, 15) is 0 Å². The Balaban J connectivity index is 1.52. The second kappa shape index (κ2) is 4.30. The van der Waals surface area contributed by atoms with Crippen LogP contribution < -0.4 is 5.32 Å². The van der Waals surface area contributed by atoms with Crippen molar-refractivity contribution in [3.8, 4) is 0 Å². The van der Waals surface area contributed by atoms with E-state index in [0.29, 0.717) is 0 Å². The van der Waals surface area contributed by atoms with Crippen molar-refractivity contribution >= 4 is 0 Å². The SMILES string of the molecule is CC1CCCCN1CC1CC12CCNCC2. The lowest BCUT2D eigenvalue weighted by atomic mass is 9.91. The summed E-state index contributed by atoms with van der Waals surface area (Å²) in [5, 5.41) is 3.50. The topological polar surface area (TPSA) is 15.3 Å². The van der Waals surface area contributed by atoms with Crippen molar-refractivity contribution in [3.63, 3.8) is 0 Å². The summed E-state index contributed by atoms with van der Waals surface area (Å²) in [4.78, 5) is 2.77. The molecule has 16 heavy (non-hydrogen) atoms. The van der Waals surface area contributed by atoms with E-state index in [1.54, 1.807) is 0 Å². The van der Waals surface area contributed by atoms with Crippen LogP contribution in [0.1, 0.15) is 45.4 Å². The van der Waals surface area contributed by atoms with Crippen LogP contribution in [0.25, 0.3) is 0 Å². The Labute approximate surface area is 99.8 Å². The predicted molar refractivity (Wildman–Crippen MR) is 67.5 cm³/mol. The summed E-state index contributed by atoms with van der Waals surface area (Å²) in [5.41, 5.74) is 0.780. The van der Waals surface area contributed by atoms with E-state index >= 15 is 0 Å². The van der Waals surface area contributed by atoms with Crippen LogP contribution in [0.4, 0.5) is 0 Å². The molecule has 1 aliphatic carbocycles. The van der Waals surface area contributed by atoms with Crippen molar-refractivity contribution < 1.29 is 0 Å². The molecule has 2 aliphatic heterocycles. The molecule has 0 aromatic rings. The third-order valence-electron chi connectivity index (χ3n) is 5.35. The Kier molecular flexibility index (Phi) is 2.97. The van der Waals surface area contributed by atoms with Gasteiger partial charge < -0.3 is 10.2 Å². The van der Waals surface area contributed by atoms with E-state index < -0.39 is 0 Å². The molecule has 3 fully saturated rings. The third kappa shape index (κ3) is 2.02. The van der Waals surface area contributed by atoms with E-state index in [-0.39, 0.29) is 0 Å². The lowest BCUT2D eigenvalue weighted by molar-refractivity contribution is 0.142. The first kappa shape index (κ1) is 11.0. The van der Waals surface area contributed by atoms with Gasteiger partial charge >= 0.3 is 0 Å². The number of hydrogen-bond acceptors (Lipinski definition) is 2. The molecule has 3 aliphatic rings. The zero-order valence-corrected chi connectivity index (χ0v) is 10.7. The van der Waals surface area contributed by atoms with Crippen molar-refractivity contribution in [2.24, 2.45) is 11.3 Å². The highest BCUT2D eigenvalue weighted by atomic mass is 15.2. The fourth-order valence-electron chi connectivity index (χ4n) is 3.94. The molecule has 0 radical (unpaired) electrons. The van der Waals surface area contributed by atoms with Gasteiger partial charge in [-0.1, -0.05) is 6.42 Å². The summed E-state index contributed by atoms with van der Waals surface area (Å²) in [5.74, 6) is 1.04. The fraction of sp³-hybridized carbons (Fsp3) is 1.00. The summed E-state index contributed by atoms with van der Waals surface area (Å²) >= 11 is 0. The minimum absolute atomic E-state index is 0.780. The van der Waals surface area contributed by atoms with E-state index in [2.05, 4.69) is 17.1 Å². The molecule has 0 amide bonds. The van der Waals surface area contributed by atoms with Gasteiger partial charge in [-0.3, -0.25) is 0 Å². The van der Waals surface area contributed by atoms with Gasteiger partial charge in [-0.25, -0.2) is 0 Å². The number of rotatable bonds is 2. The maximum atomic E-state index is 3.50. The molecule has 1 N–H and O–H groups in total. The smallest absolute Gasteiger partial charge is 0.00670 e. The fourth-order valence-corrected chi connectivity index (χ4v) is 3.94. The Morgan fingerprint density at radius 1 is 1.25 bits per heavy atom. The Morgan fingerprint density at radius 3 is 2.81 bits per heavy atom. The number of hydrogen-bond donors (Lipinski definition) is 1. The standard InChI is InChI=1S/C14H26N2/c1-12-4-2-3-9-16(12)11-13-10-14(13)5-7-15-8-6-14/h12-13,15H,2-11H2,1H3. The molecule has 0 aromatic carbocycles. The summed E-state index contributed by atoms with van der Waals surface area (Å²) in [7, 11) is 0. The molecule has 3 rings (SSSR count).